The average molecular weight is 425 g/mol. The first-order valence-electron chi connectivity index (χ1n) is 9.66. The Morgan fingerprint density at radius 3 is 2.35 bits per heavy atom. The molecular formula is C22H23N3O6. The zero-order chi connectivity index (χ0) is 22.0. The minimum Gasteiger partial charge on any atom is -0.497 e. The van der Waals surface area contributed by atoms with Crippen molar-refractivity contribution in [2.24, 2.45) is 0 Å². The molecule has 2 aromatic carbocycles. The quantitative estimate of drug-likeness (QED) is 0.569. The number of carbonyl (C=O) groups excluding carboxylic acids is 1. The van der Waals surface area contributed by atoms with E-state index in [1.807, 2.05) is 0 Å². The van der Waals surface area contributed by atoms with E-state index in [-0.39, 0.29) is 18.2 Å². The fourth-order valence-corrected chi connectivity index (χ4v) is 3.61. The Balaban J connectivity index is 1.60. The Morgan fingerprint density at radius 2 is 1.65 bits per heavy atom. The van der Waals surface area contributed by atoms with Gasteiger partial charge >= 0.3 is 0 Å². The summed E-state index contributed by atoms with van der Waals surface area (Å²) in [5, 5.41) is 4.12. The Bertz CT molecular complexity index is 1100. The molecule has 0 bridgehead atoms. The highest BCUT2D eigenvalue weighted by Crippen LogP contribution is 2.39. The summed E-state index contributed by atoms with van der Waals surface area (Å²) >= 11 is 0. The van der Waals surface area contributed by atoms with Gasteiger partial charge in [0.1, 0.15) is 23.0 Å². The van der Waals surface area contributed by atoms with Gasteiger partial charge in [-0.25, -0.2) is 0 Å². The molecule has 162 valence electrons. The van der Waals surface area contributed by atoms with Crippen LogP contribution in [0.25, 0.3) is 11.5 Å². The molecule has 0 spiro atoms. The van der Waals surface area contributed by atoms with E-state index in [1.54, 1.807) is 69.7 Å². The first kappa shape index (κ1) is 20.5. The van der Waals surface area contributed by atoms with Crippen molar-refractivity contribution < 1.29 is 28.3 Å². The van der Waals surface area contributed by atoms with Crippen molar-refractivity contribution in [3.63, 3.8) is 0 Å². The normalized spacial score (nSPS) is 15.8. The smallest absolute Gasteiger partial charge is 0.261 e. The number of hydrogen-bond donors (Lipinski definition) is 0. The van der Waals surface area contributed by atoms with Gasteiger partial charge < -0.3 is 28.4 Å². The topological polar surface area (TPSA) is 96.2 Å². The lowest BCUT2D eigenvalue weighted by molar-refractivity contribution is -0.117. The molecule has 1 aliphatic heterocycles. The minimum absolute atomic E-state index is 0.0510. The summed E-state index contributed by atoms with van der Waals surface area (Å²) in [5.74, 6) is 2.96. The minimum atomic E-state index is -0.217. The van der Waals surface area contributed by atoms with Crippen LogP contribution in [0, 0.1) is 0 Å². The van der Waals surface area contributed by atoms with Crippen LogP contribution in [0.3, 0.4) is 0 Å². The van der Waals surface area contributed by atoms with Crippen molar-refractivity contribution in [2.45, 2.75) is 12.3 Å². The van der Waals surface area contributed by atoms with Crippen LogP contribution in [0.1, 0.15) is 18.2 Å². The van der Waals surface area contributed by atoms with Crippen LogP contribution in [0.5, 0.6) is 23.0 Å². The zero-order valence-electron chi connectivity index (χ0n) is 17.7. The second-order valence-electron chi connectivity index (χ2n) is 6.97. The Hall–Kier alpha value is -3.75. The molecule has 1 saturated heterocycles. The molecule has 9 heteroatoms. The Morgan fingerprint density at radius 1 is 0.935 bits per heavy atom. The van der Waals surface area contributed by atoms with Crippen molar-refractivity contribution in [1.82, 2.24) is 10.1 Å². The van der Waals surface area contributed by atoms with Gasteiger partial charge in [-0.1, -0.05) is 5.16 Å². The lowest BCUT2D eigenvalue weighted by Gasteiger charge is -2.20. The summed E-state index contributed by atoms with van der Waals surface area (Å²) in [7, 11) is 6.29. The van der Waals surface area contributed by atoms with E-state index in [4.69, 9.17) is 23.5 Å². The van der Waals surface area contributed by atoms with E-state index >= 15 is 0 Å². The van der Waals surface area contributed by atoms with Gasteiger partial charge in [0, 0.05) is 31.0 Å². The van der Waals surface area contributed by atoms with Crippen LogP contribution in [0.15, 0.2) is 40.9 Å². The summed E-state index contributed by atoms with van der Waals surface area (Å²) in [6.07, 6.45) is 0.263. The molecule has 0 N–H and O–H groups in total. The molecule has 2 heterocycles. The molecule has 1 aliphatic rings. The van der Waals surface area contributed by atoms with Crippen molar-refractivity contribution >= 4 is 11.6 Å². The molecule has 1 aromatic heterocycles. The van der Waals surface area contributed by atoms with Crippen molar-refractivity contribution in [2.75, 3.05) is 39.9 Å². The zero-order valence-corrected chi connectivity index (χ0v) is 17.7. The molecule has 0 aliphatic carbocycles. The monoisotopic (exact) mass is 425 g/mol. The maximum atomic E-state index is 12.8. The molecule has 1 amide bonds. The van der Waals surface area contributed by atoms with Gasteiger partial charge in [-0.15, -0.1) is 0 Å². The van der Waals surface area contributed by atoms with Gasteiger partial charge in [0.2, 0.25) is 5.91 Å². The van der Waals surface area contributed by atoms with Crippen LogP contribution in [-0.4, -0.2) is 51.0 Å². The third kappa shape index (κ3) is 3.86. The van der Waals surface area contributed by atoms with Crippen LogP contribution in [0.2, 0.25) is 0 Å². The van der Waals surface area contributed by atoms with Crippen LogP contribution >= 0.6 is 0 Å². The number of anilines is 1. The highest BCUT2D eigenvalue weighted by molar-refractivity contribution is 5.98. The highest BCUT2D eigenvalue weighted by atomic mass is 16.5. The molecule has 0 saturated carbocycles. The van der Waals surface area contributed by atoms with Crippen molar-refractivity contribution in [1.29, 1.82) is 0 Å². The van der Waals surface area contributed by atoms with E-state index in [2.05, 4.69) is 10.1 Å². The van der Waals surface area contributed by atoms with Gasteiger partial charge in [0.05, 0.1) is 39.7 Å². The average Bonchev–Trinajstić information content (AvgIpc) is 3.45. The van der Waals surface area contributed by atoms with Gasteiger partial charge in [-0.05, 0) is 24.3 Å². The molecule has 31 heavy (non-hydrogen) atoms. The standard InChI is InChI=1S/C22H23N3O6/c1-27-14-6-8-18(29-3)17(10-14)25-12-13(9-20(25)26)21-23-22(31-24-21)16-7-5-15(28-2)11-19(16)30-4/h5-8,10-11,13H,9,12H2,1-4H3. The van der Waals surface area contributed by atoms with Gasteiger partial charge in [-0.3, -0.25) is 4.79 Å². The van der Waals surface area contributed by atoms with E-state index in [1.165, 1.54) is 0 Å². The number of aromatic nitrogens is 2. The lowest BCUT2D eigenvalue weighted by atomic mass is 10.1. The number of ether oxygens (including phenoxy) is 4. The first-order valence-corrected chi connectivity index (χ1v) is 9.66. The van der Waals surface area contributed by atoms with E-state index in [0.29, 0.717) is 52.5 Å². The first-order chi connectivity index (χ1) is 15.1. The number of rotatable bonds is 7. The van der Waals surface area contributed by atoms with Crippen molar-refractivity contribution in [3.05, 3.63) is 42.2 Å². The van der Waals surface area contributed by atoms with E-state index < -0.39 is 0 Å². The molecule has 1 atom stereocenters. The highest BCUT2D eigenvalue weighted by Gasteiger charge is 2.36. The predicted molar refractivity (Wildman–Crippen MR) is 112 cm³/mol. The lowest BCUT2D eigenvalue weighted by Crippen LogP contribution is -2.25. The molecular weight excluding hydrogens is 402 g/mol. The number of nitrogens with zero attached hydrogens (tertiary/aromatic N) is 3. The van der Waals surface area contributed by atoms with Crippen LogP contribution < -0.4 is 23.8 Å². The molecule has 1 fully saturated rings. The number of amides is 1. The largest absolute Gasteiger partial charge is 0.497 e. The van der Waals surface area contributed by atoms with Crippen LogP contribution in [-0.2, 0) is 4.79 Å². The number of hydrogen-bond acceptors (Lipinski definition) is 8. The fraction of sp³-hybridized carbons (Fsp3) is 0.318. The fourth-order valence-electron chi connectivity index (χ4n) is 3.61. The SMILES string of the molecule is COc1ccc(-c2nc(C3CC(=O)N(c4cc(OC)ccc4OC)C3)no2)c(OC)c1. The molecule has 1 unspecified atom stereocenters. The Labute approximate surface area is 179 Å². The van der Waals surface area contributed by atoms with Gasteiger partial charge in [-0.2, -0.15) is 4.98 Å². The van der Waals surface area contributed by atoms with Crippen molar-refractivity contribution in [3.8, 4) is 34.5 Å². The molecule has 0 radical (unpaired) electrons. The summed E-state index contributed by atoms with van der Waals surface area (Å²) in [6, 6.07) is 10.7. The molecule has 3 aromatic rings. The van der Waals surface area contributed by atoms with E-state index in [9.17, 15) is 4.79 Å². The second-order valence-corrected chi connectivity index (χ2v) is 6.97. The third-order valence-electron chi connectivity index (χ3n) is 5.25. The summed E-state index contributed by atoms with van der Waals surface area (Å²) in [6.45, 7) is 0.404. The maximum Gasteiger partial charge on any atom is 0.261 e. The Kier molecular flexibility index (Phi) is 5.66. The second kappa shape index (κ2) is 8.55. The number of carbonyl (C=O) groups is 1. The van der Waals surface area contributed by atoms with Gasteiger partial charge in [0.25, 0.3) is 5.89 Å². The summed E-state index contributed by atoms with van der Waals surface area (Å²) in [4.78, 5) is 19.0. The molecule has 9 nitrogen and oxygen atoms in total. The summed E-state index contributed by atoms with van der Waals surface area (Å²) in [5.41, 5.74) is 1.30. The molecule has 4 rings (SSSR count). The number of methoxy groups -OCH3 is 4. The maximum absolute atomic E-state index is 12.8. The summed E-state index contributed by atoms with van der Waals surface area (Å²) < 4.78 is 26.9. The predicted octanol–water partition coefficient (Wildman–Crippen LogP) is 3.29. The number of benzene rings is 2. The van der Waals surface area contributed by atoms with Crippen LogP contribution in [0.4, 0.5) is 5.69 Å². The third-order valence-corrected chi connectivity index (χ3v) is 5.25. The van der Waals surface area contributed by atoms with E-state index in [0.717, 1.165) is 0 Å². The van der Waals surface area contributed by atoms with Gasteiger partial charge in [0.15, 0.2) is 5.82 Å².